The lowest BCUT2D eigenvalue weighted by Crippen LogP contribution is -2.47. The quantitative estimate of drug-likeness (QED) is 0.819. The van der Waals surface area contributed by atoms with Gasteiger partial charge >= 0.3 is 6.03 Å². The summed E-state index contributed by atoms with van der Waals surface area (Å²) in [6, 6.07) is 2.99. The van der Waals surface area contributed by atoms with Gasteiger partial charge in [0.25, 0.3) is 0 Å². The highest BCUT2D eigenvalue weighted by Gasteiger charge is 2.21. The highest BCUT2D eigenvalue weighted by Crippen LogP contribution is 2.11. The monoisotopic (exact) mass is 348 g/mol. The molecule has 0 bridgehead atoms. The van der Waals surface area contributed by atoms with E-state index in [9.17, 15) is 22.0 Å². The summed E-state index contributed by atoms with van der Waals surface area (Å²) in [6.07, 6.45) is 1.26. The Morgan fingerprint density at radius 3 is 2.57 bits per heavy atom. The SMILES string of the molecule is CCN(C(=O)NCCc1cccc(F)c1F)[C@H](C)CS(C)(=O)=O. The molecular formula is C15H22F2N2O3S. The maximum Gasteiger partial charge on any atom is 0.317 e. The molecule has 2 amide bonds. The van der Waals surface area contributed by atoms with Crippen LogP contribution < -0.4 is 5.32 Å². The number of nitrogens with zero attached hydrogens (tertiary/aromatic N) is 1. The fourth-order valence-corrected chi connectivity index (χ4v) is 3.39. The summed E-state index contributed by atoms with van der Waals surface area (Å²) in [4.78, 5) is 13.5. The van der Waals surface area contributed by atoms with Crippen molar-refractivity contribution in [3.05, 3.63) is 35.4 Å². The van der Waals surface area contributed by atoms with Gasteiger partial charge in [0.05, 0.1) is 5.75 Å². The minimum Gasteiger partial charge on any atom is -0.338 e. The van der Waals surface area contributed by atoms with Crippen molar-refractivity contribution in [3.63, 3.8) is 0 Å². The Morgan fingerprint density at radius 1 is 1.35 bits per heavy atom. The van der Waals surface area contributed by atoms with Gasteiger partial charge in [-0.25, -0.2) is 22.0 Å². The molecule has 1 aromatic carbocycles. The third-order valence-corrected chi connectivity index (χ3v) is 4.47. The van der Waals surface area contributed by atoms with Crippen molar-refractivity contribution in [2.45, 2.75) is 26.3 Å². The maximum atomic E-state index is 13.5. The molecule has 5 nitrogen and oxygen atoms in total. The molecule has 130 valence electrons. The number of carbonyl (C=O) groups excluding carboxylic acids is 1. The lowest BCUT2D eigenvalue weighted by molar-refractivity contribution is 0.187. The second-order valence-electron chi connectivity index (χ2n) is 5.42. The van der Waals surface area contributed by atoms with Crippen LogP contribution in [-0.4, -0.2) is 50.5 Å². The first-order valence-electron chi connectivity index (χ1n) is 7.30. The van der Waals surface area contributed by atoms with Gasteiger partial charge in [-0.15, -0.1) is 0 Å². The van der Waals surface area contributed by atoms with Gasteiger partial charge in [-0.3, -0.25) is 0 Å². The molecule has 0 saturated heterocycles. The van der Waals surface area contributed by atoms with Crippen LogP contribution in [0.1, 0.15) is 19.4 Å². The van der Waals surface area contributed by atoms with Crippen LogP contribution in [0.25, 0.3) is 0 Å². The summed E-state index contributed by atoms with van der Waals surface area (Å²) < 4.78 is 49.2. The van der Waals surface area contributed by atoms with Gasteiger partial charge in [-0.2, -0.15) is 0 Å². The van der Waals surface area contributed by atoms with Crippen LogP contribution in [0.2, 0.25) is 0 Å². The van der Waals surface area contributed by atoms with Crippen molar-refractivity contribution in [2.75, 3.05) is 25.1 Å². The van der Waals surface area contributed by atoms with Crippen LogP contribution in [0.5, 0.6) is 0 Å². The largest absolute Gasteiger partial charge is 0.338 e. The number of hydrogen-bond acceptors (Lipinski definition) is 3. The molecule has 0 aromatic heterocycles. The van der Waals surface area contributed by atoms with Crippen LogP contribution in [0.4, 0.5) is 13.6 Å². The summed E-state index contributed by atoms with van der Waals surface area (Å²) in [5, 5.41) is 2.60. The number of halogens is 2. The van der Waals surface area contributed by atoms with Crippen LogP contribution in [-0.2, 0) is 16.3 Å². The fourth-order valence-electron chi connectivity index (χ4n) is 2.33. The van der Waals surface area contributed by atoms with Gasteiger partial charge in [0.1, 0.15) is 9.84 Å². The summed E-state index contributed by atoms with van der Waals surface area (Å²) in [6.45, 7) is 3.86. The van der Waals surface area contributed by atoms with E-state index in [0.29, 0.717) is 6.54 Å². The lowest BCUT2D eigenvalue weighted by atomic mass is 10.1. The molecule has 0 radical (unpaired) electrons. The smallest absolute Gasteiger partial charge is 0.317 e. The molecule has 0 saturated carbocycles. The number of urea groups is 1. The summed E-state index contributed by atoms with van der Waals surface area (Å²) in [7, 11) is -3.20. The maximum absolute atomic E-state index is 13.5. The number of amides is 2. The molecular weight excluding hydrogens is 326 g/mol. The standard InChI is InChI=1S/C15H22F2N2O3S/c1-4-19(11(2)10-23(3,21)22)15(20)18-9-8-12-6-5-7-13(16)14(12)17/h5-7,11H,4,8-10H2,1-3H3,(H,18,20)/t11-/m1/s1. The van der Waals surface area contributed by atoms with Crippen molar-refractivity contribution >= 4 is 15.9 Å². The molecule has 0 aliphatic heterocycles. The third kappa shape index (κ3) is 6.13. The number of sulfone groups is 1. The fraction of sp³-hybridized carbons (Fsp3) is 0.533. The van der Waals surface area contributed by atoms with Crippen LogP contribution in [0, 0.1) is 11.6 Å². The molecule has 23 heavy (non-hydrogen) atoms. The lowest BCUT2D eigenvalue weighted by Gasteiger charge is -2.27. The van der Waals surface area contributed by atoms with Crippen molar-refractivity contribution < 1.29 is 22.0 Å². The number of carbonyl (C=O) groups is 1. The number of rotatable bonds is 7. The van der Waals surface area contributed by atoms with E-state index in [1.165, 1.54) is 17.0 Å². The van der Waals surface area contributed by atoms with Gasteiger partial charge < -0.3 is 10.2 Å². The van der Waals surface area contributed by atoms with E-state index >= 15 is 0 Å². The average Bonchev–Trinajstić information content (AvgIpc) is 2.42. The number of benzene rings is 1. The molecule has 0 heterocycles. The highest BCUT2D eigenvalue weighted by atomic mass is 32.2. The van der Waals surface area contributed by atoms with E-state index in [2.05, 4.69) is 5.32 Å². The van der Waals surface area contributed by atoms with Crippen molar-refractivity contribution in [1.82, 2.24) is 10.2 Å². The van der Waals surface area contributed by atoms with Crippen LogP contribution >= 0.6 is 0 Å². The summed E-state index contributed by atoms with van der Waals surface area (Å²) in [5.74, 6) is -1.97. The zero-order chi connectivity index (χ0) is 17.6. The molecule has 1 aromatic rings. The third-order valence-electron chi connectivity index (χ3n) is 3.38. The first-order chi connectivity index (χ1) is 10.7. The molecule has 0 aliphatic carbocycles. The first kappa shape index (κ1) is 19.3. The molecule has 0 unspecified atom stereocenters. The molecule has 0 aliphatic rings. The first-order valence-corrected chi connectivity index (χ1v) is 9.36. The van der Waals surface area contributed by atoms with Gasteiger partial charge in [-0.1, -0.05) is 12.1 Å². The second kappa shape index (κ2) is 8.24. The van der Waals surface area contributed by atoms with E-state index in [0.717, 1.165) is 12.3 Å². The van der Waals surface area contributed by atoms with E-state index in [1.54, 1.807) is 13.8 Å². The number of nitrogens with one attached hydrogen (secondary N) is 1. The van der Waals surface area contributed by atoms with E-state index < -0.39 is 33.5 Å². The number of hydrogen-bond donors (Lipinski definition) is 1. The van der Waals surface area contributed by atoms with Crippen molar-refractivity contribution in [3.8, 4) is 0 Å². The van der Waals surface area contributed by atoms with E-state index in [1.807, 2.05) is 0 Å². The van der Waals surface area contributed by atoms with Crippen molar-refractivity contribution in [2.24, 2.45) is 0 Å². The Hall–Kier alpha value is -1.70. The van der Waals surface area contributed by atoms with Crippen LogP contribution in [0.3, 0.4) is 0 Å². The summed E-state index contributed by atoms with van der Waals surface area (Å²) >= 11 is 0. The van der Waals surface area contributed by atoms with Crippen molar-refractivity contribution in [1.29, 1.82) is 0 Å². The molecule has 8 heteroatoms. The van der Waals surface area contributed by atoms with Gasteiger partial charge in [-0.05, 0) is 31.9 Å². The van der Waals surface area contributed by atoms with Gasteiger partial charge in [0.15, 0.2) is 11.6 Å². The van der Waals surface area contributed by atoms with Crippen LogP contribution in [0.15, 0.2) is 18.2 Å². The Labute approximate surface area is 135 Å². The predicted molar refractivity (Wildman–Crippen MR) is 85.0 cm³/mol. The van der Waals surface area contributed by atoms with Gasteiger partial charge in [0, 0.05) is 25.4 Å². The van der Waals surface area contributed by atoms with E-state index in [-0.39, 0.29) is 24.3 Å². The van der Waals surface area contributed by atoms with E-state index in [4.69, 9.17) is 0 Å². The molecule has 0 fully saturated rings. The Bertz CT molecular complexity index is 650. The highest BCUT2D eigenvalue weighted by molar-refractivity contribution is 7.90. The molecule has 1 N–H and O–H groups in total. The average molecular weight is 348 g/mol. The van der Waals surface area contributed by atoms with Gasteiger partial charge in [0.2, 0.25) is 0 Å². The minimum absolute atomic E-state index is 0.126. The molecule has 1 rings (SSSR count). The topological polar surface area (TPSA) is 66.5 Å². The zero-order valence-corrected chi connectivity index (χ0v) is 14.3. The predicted octanol–water partition coefficient (Wildman–Crippen LogP) is 1.97. The minimum atomic E-state index is -3.20. The zero-order valence-electron chi connectivity index (χ0n) is 13.5. The second-order valence-corrected chi connectivity index (χ2v) is 7.61. The molecule has 0 spiro atoms. The Balaban J connectivity index is 2.58. The normalized spacial score (nSPS) is 12.7. The Kier molecular flexibility index (Phi) is 6.93. The molecule has 1 atom stereocenters. The summed E-state index contributed by atoms with van der Waals surface area (Å²) in [5.41, 5.74) is 0.178. The Morgan fingerprint density at radius 2 is 2.00 bits per heavy atom.